The third-order valence-corrected chi connectivity index (χ3v) is 3.16. The number of carbonyl (C=O) groups excluding carboxylic acids is 1. The summed E-state index contributed by atoms with van der Waals surface area (Å²) in [4.78, 5) is 14.0. The number of ether oxygens (including phenoxy) is 1. The first-order valence-electron chi connectivity index (χ1n) is 6.45. The molecule has 0 bridgehead atoms. The first-order chi connectivity index (χ1) is 8.54. The molecule has 1 aromatic rings. The van der Waals surface area contributed by atoms with Gasteiger partial charge in [0.25, 0.3) is 0 Å². The molecule has 0 aliphatic carbocycles. The topological polar surface area (TPSA) is 47.4 Å². The number of hydrogen-bond acceptors (Lipinski definition) is 3. The molecular formula is C13H21N3O2. The maximum absolute atomic E-state index is 12.1. The predicted molar refractivity (Wildman–Crippen MR) is 68.1 cm³/mol. The Morgan fingerprint density at radius 1 is 1.44 bits per heavy atom. The Morgan fingerprint density at radius 3 is 2.67 bits per heavy atom. The van der Waals surface area contributed by atoms with E-state index in [0.29, 0.717) is 19.5 Å². The van der Waals surface area contributed by atoms with E-state index in [-0.39, 0.29) is 18.1 Å². The van der Waals surface area contributed by atoms with Gasteiger partial charge in [-0.15, -0.1) is 0 Å². The molecular weight excluding hydrogens is 230 g/mol. The summed E-state index contributed by atoms with van der Waals surface area (Å²) in [5.74, 6) is 0.209. The molecule has 1 aliphatic heterocycles. The van der Waals surface area contributed by atoms with E-state index in [9.17, 15) is 4.79 Å². The van der Waals surface area contributed by atoms with Crippen molar-refractivity contribution in [2.24, 2.45) is 7.05 Å². The van der Waals surface area contributed by atoms with Crippen molar-refractivity contribution in [3.8, 4) is 0 Å². The van der Waals surface area contributed by atoms with Crippen LogP contribution in [0.4, 0.5) is 0 Å². The lowest BCUT2D eigenvalue weighted by atomic mass is 10.1. The van der Waals surface area contributed by atoms with Crippen molar-refractivity contribution < 1.29 is 9.53 Å². The average Bonchev–Trinajstić information content (AvgIpc) is 2.70. The molecule has 5 heteroatoms. The van der Waals surface area contributed by atoms with Gasteiger partial charge in [-0.2, -0.15) is 5.10 Å². The van der Waals surface area contributed by atoms with E-state index in [2.05, 4.69) is 5.10 Å². The summed E-state index contributed by atoms with van der Waals surface area (Å²) in [6.07, 6.45) is 5.35. The van der Waals surface area contributed by atoms with Crippen molar-refractivity contribution in [3.63, 3.8) is 0 Å². The lowest BCUT2D eigenvalue weighted by molar-refractivity contribution is -0.143. The number of hydrogen-bond donors (Lipinski definition) is 0. The molecule has 1 fully saturated rings. The molecule has 2 atom stereocenters. The van der Waals surface area contributed by atoms with Gasteiger partial charge < -0.3 is 9.64 Å². The zero-order valence-corrected chi connectivity index (χ0v) is 11.3. The van der Waals surface area contributed by atoms with Gasteiger partial charge in [0.2, 0.25) is 5.91 Å². The maximum Gasteiger partial charge on any atom is 0.223 e. The molecule has 0 saturated carbocycles. The summed E-state index contributed by atoms with van der Waals surface area (Å²) in [5.41, 5.74) is 1.11. The van der Waals surface area contributed by atoms with Crippen LogP contribution in [-0.2, 0) is 23.0 Å². The second-order valence-corrected chi connectivity index (χ2v) is 5.08. The molecule has 0 radical (unpaired) electrons. The number of amides is 1. The SMILES string of the molecule is C[C@@H]1CN(C(=O)CCc2cnn(C)c2)C[C@H](C)O1. The van der Waals surface area contributed by atoms with Crippen LogP contribution < -0.4 is 0 Å². The molecule has 1 aromatic heterocycles. The van der Waals surface area contributed by atoms with E-state index in [1.165, 1.54) is 0 Å². The molecule has 0 unspecified atom stereocenters. The van der Waals surface area contributed by atoms with Gasteiger partial charge in [-0.05, 0) is 25.8 Å². The van der Waals surface area contributed by atoms with Gasteiger partial charge in [-0.25, -0.2) is 0 Å². The summed E-state index contributed by atoms with van der Waals surface area (Å²) in [6.45, 7) is 5.43. The molecule has 100 valence electrons. The molecule has 1 aliphatic rings. The minimum atomic E-state index is 0.135. The Morgan fingerprint density at radius 2 is 2.11 bits per heavy atom. The van der Waals surface area contributed by atoms with E-state index < -0.39 is 0 Å². The molecule has 18 heavy (non-hydrogen) atoms. The molecule has 2 heterocycles. The van der Waals surface area contributed by atoms with E-state index in [4.69, 9.17) is 4.74 Å². The lowest BCUT2D eigenvalue weighted by Crippen LogP contribution is -2.48. The van der Waals surface area contributed by atoms with Crippen molar-refractivity contribution in [1.82, 2.24) is 14.7 Å². The molecule has 2 rings (SSSR count). The van der Waals surface area contributed by atoms with Crippen LogP contribution in [0.15, 0.2) is 12.4 Å². The Bertz CT molecular complexity index is 406. The average molecular weight is 251 g/mol. The van der Waals surface area contributed by atoms with Gasteiger partial charge in [0.05, 0.1) is 18.4 Å². The van der Waals surface area contributed by atoms with E-state index in [1.807, 2.05) is 38.2 Å². The van der Waals surface area contributed by atoms with Gasteiger partial charge in [0.1, 0.15) is 0 Å². The molecule has 5 nitrogen and oxygen atoms in total. The maximum atomic E-state index is 12.1. The lowest BCUT2D eigenvalue weighted by Gasteiger charge is -2.35. The zero-order valence-electron chi connectivity index (χ0n) is 11.3. The van der Waals surface area contributed by atoms with E-state index >= 15 is 0 Å². The largest absolute Gasteiger partial charge is 0.372 e. The van der Waals surface area contributed by atoms with Crippen LogP contribution in [0.1, 0.15) is 25.8 Å². The third-order valence-electron chi connectivity index (χ3n) is 3.16. The second kappa shape index (κ2) is 5.52. The molecule has 1 saturated heterocycles. The number of morpholine rings is 1. The normalized spacial score (nSPS) is 24.3. The van der Waals surface area contributed by atoms with Crippen LogP contribution in [0, 0.1) is 0 Å². The second-order valence-electron chi connectivity index (χ2n) is 5.08. The van der Waals surface area contributed by atoms with E-state index in [1.54, 1.807) is 4.68 Å². The van der Waals surface area contributed by atoms with Gasteiger partial charge in [-0.3, -0.25) is 9.48 Å². The van der Waals surface area contributed by atoms with Crippen molar-refractivity contribution in [2.45, 2.75) is 38.9 Å². The molecule has 1 amide bonds. The van der Waals surface area contributed by atoms with Crippen LogP contribution in [0.5, 0.6) is 0 Å². The predicted octanol–water partition coefficient (Wildman–Crippen LogP) is 0.988. The van der Waals surface area contributed by atoms with Crippen LogP contribution in [0.3, 0.4) is 0 Å². The highest BCUT2D eigenvalue weighted by molar-refractivity contribution is 5.76. The number of rotatable bonds is 3. The van der Waals surface area contributed by atoms with Crippen molar-refractivity contribution in [2.75, 3.05) is 13.1 Å². The van der Waals surface area contributed by atoms with Crippen LogP contribution in [0.25, 0.3) is 0 Å². The summed E-state index contributed by atoms with van der Waals surface area (Å²) in [7, 11) is 1.89. The third kappa shape index (κ3) is 3.32. The van der Waals surface area contributed by atoms with Crippen LogP contribution in [-0.4, -0.2) is 45.9 Å². The fourth-order valence-electron chi connectivity index (χ4n) is 2.39. The summed E-state index contributed by atoms with van der Waals surface area (Å²) < 4.78 is 7.39. The van der Waals surface area contributed by atoms with Crippen LogP contribution >= 0.6 is 0 Å². The first-order valence-corrected chi connectivity index (χ1v) is 6.45. The van der Waals surface area contributed by atoms with E-state index in [0.717, 1.165) is 12.0 Å². The quantitative estimate of drug-likeness (QED) is 0.805. The Labute approximate surface area is 108 Å². The molecule has 0 N–H and O–H groups in total. The van der Waals surface area contributed by atoms with Gasteiger partial charge in [0, 0.05) is 32.8 Å². The standard InChI is InChI=1S/C13H21N3O2/c1-10-7-16(8-11(2)18-10)13(17)5-4-12-6-14-15(3)9-12/h6,9-11H,4-5,7-8H2,1-3H3/t10-,11+. The molecule has 0 spiro atoms. The monoisotopic (exact) mass is 251 g/mol. The van der Waals surface area contributed by atoms with Gasteiger partial charge in [-0.1, -0.05) is 0 Å². The highest BCUT2D eigenvalue weighted by atomic mass is 16.5. The highest BCUT2D eigenvalue weighted by Crippen LogP contribution is 2.12. The fourth-order valence-corrected chi connectivity index (χ4v) is 2.39. The van der Waals surface area contributed by atoms with Crippen molar-refractivity contribution in [1.29, 1.82) is 0 Å². The van der Waals surface area contributed by atoms with Crippen molar-refractivity contribution in [3.05, 3.63) is 18.0 Å². The number of aromatic nitrogens is 2. The Balaban J connectivity index is 1.84. The number of nitrogens with zero attached hydrogens (tertiary/aromatic N) is 3. The van der Waals surface area contributed by atoms with Crippen LogP contribution in [0.2, 0.25) is 0 Å². The zero-order chi connectivity index (χ0) is 13.1. The minimum absolute atomic E-state index is 0.135. The minimum Gasteiger partial charge on any atom is -0.372 e. The number of aryl methyl sites for hydroxylation is 2. The Kier molecular flexibility index (Phi) is 4.01. The number of carbonyl (C=O) groups is 1. The first kappa shape index (κ1) is 13.1. The summed E-state index contributed by atoms with van der Waals surface area (Å²) in [6, 6.07) is 0. The van der Waals surface area contributed by atoms with Gasteiger partial charge in [0.15, 0.2) is 0 Å². The summed E-state index contributed by atoms with van der Waals surface area (Å²) >= 11 is 0. The Hall–Kier alpha value is -1.36. The highest BCUT2D eigenvalue weighted by Gasteiger charge is 2.25. The summed E-state index contributed by atoms with van der Waals surface area (Å²) in [5, 5.41) is 4.10. The fraction of sp³-hybridized carbons (Fsp3) is 0.692. The van der Waals surface area contributed by atoms with Crippen molar-refractivity contribution >= 4 is 5.91 Å². The smallest absolute Gasteiger partial charge is 0.223 e. The molecule has 0 aromatic carbocycles. The van der Waals surface area contributed by atoms with Gasteiger partial charge >= 0.3 is 0 Å².